The van der Waals surface area contributed by atoms with Gasteiger partial charge in [0.15, 0.2) is 5.82 Å². The van der Waals surface area contributed by atoms with Gasteiger partial charge in [-0.2, -0.15) is 0 Å². The first kappa shape index (κ1) is 50.6. The minimum atomic E-state index is -0.846. The van der Waals surface area contributed by atoms with Gasteiger partial charge in [0.25, 0.3) is 0 Å². The molecule has 1 aromatic carbocycles. The zero-order valence-corrected chi connectivity index (χ0v) is 42.1. The normalized spacial score (nSPS) is 17.0. The van der Waals surface area contributed by atoms with E-state index in [1.807, 2.05) is 73.3 Å². The van der Waals surface area contributed by atoms with E-state index in [1.54, 1.807) is 63.8 Å². The van der Waals surface area contributed by atoms with Crippen LogP contribution in [-0.4, -0.2) is 146 Å². The van der Waals surface area contributed by atoms with Crippen molar-refractivity contribution in [1.29, 1.82) is 0 Å². The number of aromatic nitrogens is 5. The summed E-state index contributed by atoms with van der Waals surface area (Å²) in [4.78, 5) is 75.2. The Labute approximate surface area is 417 Å². The van der Waals surface area contributed by atoms with E-state index in [4.69, 9.17) is 14.0 Å². The van der Waals surface area contributed by atoms with Crippen LogP contribution < -0.4 is 20.3 Å². The maximum absolute atomic E-state index is 13.9. The Bertz CT molecular complexity index is 2830. The highest BCUT2D eigenvalue weighted by atomic mass is 32.1. The fourth-order valence-corrected chi connectivity index (χ4v) is 9.81. The number of amides is 4. The van der Waals surface area contributed by atoms with Gasteiger partial charge >= 0.3 is 6.09 Å². The van der Waals surface area contributed by atoms with Gasteiger partial charge in [-0.3, -0.25) is 29.2 Å². The zero-order chi connectivity index (χ0) is 50.3. The van der Waals surface area contributed by atoms with Crippen LogP contribution in [0.2, 0.25) is 0 Å². The number of ether oxygens (including phenoxy) is 2. The quantitative estimate of drug-likeness (QED) is 0.0825. The lowest BCUT2D eigenvalue weighted by molar-refractivity contribution is -0.141. The van der Waals surface area contributed by atoms with Crippen molar-refractivity contribution >= 4 is 52.3 Å². The number of piperazine rings is 1. The third-order valence-corrected chi connectivity index (χ3v) is 13.7. The lowest BCUT2D eigenvalue weighted by Gasteiger charge is -2.34. The maximum Gasteiger partial charge on any atom is 0.414 e. The van der Waals surface area contributed by atoms with Crippen molar-refractivity contribution in [3.05, 3.63) is 95.5 Å². The van der Waals surface area contributed by atoms with Crippen LogP contribution in [0.5, 0.6) is 5.75 Å². The molecule has 0 aliphatic carbocycles. The number of pyridine rings is 2. The number of hydrogen-bond donors (Lipinski definition) is 3. The summed E-state index contributed by atoms with van der Waals surface area (Å²) in [5, 5.41) is 20.6. The molecule has 2 fully saturated rings. The minimum Gasteiger partial charge on any atom is -0.493 e. The number of hydrogen-bond acceptors (Lipinski definition) is 15. The Hall–Kier alpha value is -6.74. The molecule has 0 bridgehead atoms. The largest absolute Gasteiger partial charge is 0.493 e. The molecule has 0 saturated carbocycles. The van der Waals surface area contributed by atoms with Crippen LogP contribution in [0.3, 0.4) is 0 Å². The first-order valence-corrected chi connectivity index (χ1v) is 25.0. The third kappa shape index (κ3) is 12.4. The van der Waals surface area contributed by atoms with Gasteiger partial charge in [0.2, 0.25) is 17.7 Å². The number of rotatable bonds is 18. The molecule has 0 spiro atoms. The third-order valence-electron chi connectivity index (χ3n) is 12.8. The lowest BCUT2D eigenvalue weighted by Crippen LogP contribution is -2.48. The Morgan fingerprint density at radius 3 is 2.45 bits per heavy atom. The highest BCUT2D eigenvalue weighted by molar-refractivity contribution is 7.13. The highest BCUT2D eigenvalue weighted by Crippen LogP contribution is 2.34. The molecular formula is C51H63N11O8S. The van der Waals surface area contributed by atoms with Crippen LogP contribution in [0.15, 0.2) is 77.3 Å². The molecule has 2 saturated heterocycles. The van der Waals surface area contributed by atoms with Crippen LogP contribution in [-0.2, 0) is 25.7 Å². The number of imidazole rings is 1. The molecule has 2 aliphatic rings. The number of β-amino-alcohol motifs (C(OH)–C–C–N with tert-alkyl or cyclic N) is 1. The zero-order valence-electron chi connectivity index (χ0n) is 41.3. The SMILES string of the molecule is Cc1cc([C@H](C(=O)N2C[C@H](O)C[C@H]2C(=O)NCc2ccc(-c3scnc3C)cc2OCCCN2CCN(CC(=O)Nc3cn4cc(-c5cncc(N(C)C(=O)OC(C)C)c5)ccc4n3)CC2)C(C)C)on1. The molecule has 376 valence electrons. The van der Waals surface area contributed by atoms with Crippen molar-refractivity contribution in [3.8, 4) is 27.3 Å². The average molecular weight is 990 g/mol. The topological polar surface area (TPSA) is 213 Å². The maximum atomic E-state index is 13.9. The molecule has 3 atom stereocenters. The van der Waals surface area contributed by atoms with Crippen molar-refractivity contribution in [2.45, 2.75) is 85.1 Å². The van der Waals surface area contributed by atoms with Gasteiger partial charge in [-0.15, -0.1) is 11.3 Å². The molecule has 0 unspecified atom stereocenters. The summed E-state index contributed by atoms with van der Waals surface area (Å²) < 4.78 is 19.1. The fraction of sp³-hybridized carbons (Fsp3) is 0.451. The number of nitrogens with zero attached hydrogens (tertiary/aromatic N) is 9. The number of anilines is 2. The van der Waals surface area contributed by atoms with Crippen molar-refractivity contribution in [1.82, 2.24) is 44.5 Å². The van der Waals surface area contributed by atoms with E-state index in [9.17, 15) is 24.3 Å². The molecule has 0 radical (unpaired) electrons. The van der Waals surface area contributed by atoms with E-state index < -0.39 is 24.2 Å². The first-order chi connectivity index (χ1) is 34.1. The molecule has 6 aromatic rings. The van der Waals surface area contributed by atoms with E-state index in [2.05, 4.69) is 40.5 Å². The van der Waals surface area contributed by atoms with Crippen molar-refractivity contribution < 1.29 is 38.3 Å². The molecule has 4 amide bonds. The van der Waals surface area contributed by atoms with Crippen LogP contribution >= 0.6 is 11.3 Å². The summed E-state index contributed by atoms with van der Waals surface area (Å²) in [5.74, 6) is 0.00767. The van der Waals surface area contributed by atoms with Gasteiger partial charge in [-0.1, -0.05) is 31.1 Å². The molecule has 8 rings (SSSR count). The van der Waals surface area contributed by atoms with Crippen LogP contribution in [0.25, 0.3) is 27.2 Å². The van der Waals surface area contributed by atoms with Gasteiger partial charge in [-0.25, -0.2) is 14.8 Å². The molecule has 20 heteroatoms. The number of aliphatic hydroxyl groups is 1. The summed E-state index contributed by atoms with van der Waals surface area (Å²) in [6.07, 6.45) is 6.38. The number of carbonyl (C=O) groups is 4. The van der Waals surface area contributed by atoms with Gasteiger partial charge < -0.3 is 43.9 Å². The van der Waals surface area contributed by atoms with Gasteiger partial charge in [-0.05, 0) is 69.9 Å². The summed E-state index contributed by atoms with van der Waals surface area (Å²) in [7, 11) is 1.64. The van der Waals surface area contributed by atoms with E-state index >= 15 is 0 Å². The highest BCUT2D eigenvalue weighted by Gasteiger charge is 2.43. The second-order valence-electron chi connectivity index (χ2n) is 18.9. The molecule has 5 aromatic heterocycles. The summed E-state index contributed by atoms with van der Waals surface area (Å²) >= 11 is 1.55. The first-order valence-electron chi connectivity index (χ1n) is 24.1. The Balaban J connectivity index is 0.814. The van der Waals surface area contributed by atoms with Crippen LogP contribution in [0, 0.1) is 19.8 Å². The second kappa shape index (κ2) is 22.6. The molecule has 7 heterocycles. The number of nitrogens with one attached hydrogen (secondary N) is 2. The van der Waals surface area contributed by atoms with Crippen molar-refractivity contribution in [3.63, 3.8) is 0 Å². The Kier molecular flexibility index (Phi) is 16.1. The number of thiazole rings is 1. The lowest BCUT2D eigenvalue weighted by atomic mass is 9.91. The molecule has 19 nitrogen and oxygen atoms in total. The van der Waals surface area contributed by atoms with Gasteiger partial charge in [0.05, 0.1) is 65.2 Å². The van der Waals surface area contributed by atoms with Gasteiger partial charge in [0, 0.05) is 94.4 Å². The standard InChI is InChI=1S/C51H63N11O8S/c1-31(2)47(43-19-33(5)57-70-43)50(66)62-27-40(63)22-41(62)49(65)53-24-36-10-9-35(48-34(6)54-30-71-48)21-42(36)68-18-8-13-59-14-16-60(17-15-59)29-46(64)56-44-28-61-26-37(11-12-45(61)55-44)38-20-39(25-52-23-38)58(7)51(67)69-32(3)4/h9-12,19-21,23,25-26,28,30-32,40-41,47,63H,8,13-18,22,24,27,29H2,1-7H3,(H,53,65)(H,56,64)/t40-,41+,47-/m1/s1. The Morgan fingerprint density at radius 2 is 1.73 bits per heavy atom. The number of benzene rings is 1. The second-order valence-corrected chi connectivity index (χ2v) is 19.8. The number of fused-ring (bicyclic) bond motifs is 1. The predicted octanol–water partition coefficient (Wildman–Crippen LogP) is 6.15. The van der Waals surface area contributed by atoms with E-state index in [-0.39, 0.29) is 55.8 Å². The van der Waals surface area contributed by atoms with Crippen molar-refractivity contribution in [2.24, 2.45) is 5.92 Å². The van der Waals surface area contributed by atoms with E-state index in [1.165, 1.54) is 9.80 Å². The predicted molar refractivity (Wildman–Crippen MR) is 269 cm³/mol. The fourth-order valence-electron chi connectivity index (χ4n) is 9.01. The Morgan fingerprint density at radius 1 is 0.958 bits per heavy atom. The molecular weight excluding hydrogens is 927 g/mol. The van der Waals surface area contributed by atoms with Gasteiger partial charge in [0.1, 0.15) is 29.1 Å². The minimum absolute atomic E-state index is 0.0537. The number of likely N-dealkylation sites (tertiary alicyclic amines) is 1. The smallest absolute Gasteiger partial charge is 0.414 e. The van der Waals surface area contributed by atoms with E-state index in [0.29, 0.717) is 41.0 Å². The number of carbonyl (C=O) groups excluding carboxylic acids is 4. The summed E-state index contributed by atoms with van der Waals surface area (Å²) in [6.45, 7) is 16.0. The van der Waals surface area contributed by atoms with E-state index in [0.717, 1.165) is 72.0 Å². The van der Waals surface area contributed by atoms with Crippen LogP contribution in [0.1, 0.15) is 69.2 Å². The number of aliphatic hydroxyl groups excluding tert-OH is 1. The summed E-state index contributed by atoms with van der Waals surface area (Å²) in [6, 6.07) is 12.5. The monoisotopic (exact) mass is 989 g/mol. The number of aryl methyl sites for hydroxylation is 2. The van der Waals surface area contributed by atoms with Crippen LogP contribution in [0.4, 0.5) is 16.3 Å². The molecule has 71 heavy (non-hydrogen) atoms. The summed E-state index contributed by atoms with van der Waals surface area (Å²) in [5.41, 5.74) is 8.09. The molecule has 2 aliphatic heterocycles. The van der Waals surface area contributed by atoms with Crippen molar-refractivity contribution in [2.75, 3.05) is 69.7 Å². The molecule has 3 N–H and O–H groups in total. The average Bonchev–Trinajstić information content (AvgIpc) is 4.16.